The Morgan fingerprint density at radius 2 is 2.57 bits per heavy atom. The van der Waals surface area contributed by atoms with Gasteiger partial charge in [0.1, 0.15) is 12.3 Å². The molecule has 4 heteroatoms. The van der Waals surface area contributed by atoms with Crippen LogP contribution in [0, 0.1) is 4.91 Å². The average Bonchev–Trinajstić information content (AvgIpc) is 1.68. The maximum Gasteiger partial charge on any atom is 0.141 e. The van der Waals surface area contributed by atoms with Crippen molar-refractivity contribution in [3.05, 3.63) is 17.2 Å². The van der Waals surface area contributed by atoms with Crippen molar-refractivity contribution in [3.63, 3.8) is 0 Å². The van der Waals surface area contributed by atoms with Gasteiger partial charge >= 0.3 is 0 Å². The van der Waals surface area contributed by atoms with E-state index >= 15 is 0 Å². The lowest BCUT2D eigenvalue weighted by Gasteiger charge is -1.91. The summed E-state index contributed by atoms with van der Waals surface area (Å²) in [5, 5.41) is 2.45. The molecule has 0 spiro atoms. The van der Waals surface area contributed by atoms with Crippen molar-refractivity contribution in [2.45, 2.75) is 0 Å². The first-order valence-corrected chi connectivity index (χ1v) is 1.65. The molecule has 0 saturated carbocycles. The van der Waals surface area contributed by atoms with Gasteiger partial charge in [-0.3, -0.25) is 0 Å². The molecule has 0 saturated heterocycles. The van der Waals surface area contributed by atoms with Crippen LogP contribution in [0.15, 0.2) is 17.5 Å². The molecule has 0 aliphatic rings. The van der Waals surface area contributed by atoms with E-state index in [1.807, 2.05) is 0 Å². The Morgan fingerprint density at radius 3 is 2.71 bits per heavy atom. The second-order valence-electron chi connectivity index (χ2n) is 0.944. The van der Waals surface area contributed by atoms with Gasteiger partial charge in [0.2, 0.25) is 0 Å². The zero-order chi connectivity index (χ0) is 5.70. The first-order valence-electron chi connectivity index (χ1n) is 1.65. The third-order valence-corrected chi connectivity index (χ3v) is 0.408. The zero-order valence-electron chi connectivity index (χ0n) is 3.76. The Bertz CT molecular complexity index is 81.0. The monoisotopic (exact) mass is 102 g/mol. The van der Waals surface area contributed by atoms with E-state index in [4.69, 9.17) is 0 Å². The summed E-state index contributed by atoms with van der Waals surface area (Å²) in [7, 11) is 0. The number of nitroso groups, excluding NO2 is 1. The molecule has 0 heterocycles. The van der Waals surface area contributed by atoms with Crippen molar-refractivity contribution < 1.29 is 4.84 Å². The summed E-state index contributed by atoms with van der Waals surface area (Å²) in [6, 6.07) is 0. The van der Waals surface area contributed by atoms with Crippen molar-refractivity contribution in [1.29, 1.82) is 0 Å². The lowest BCUT2D eigenvalue weighted by atomic mass is 10.6. The van der Waals surface area contributed by atoms with Gasteiger partial charge in [-0.15, -0.1) is 0 Å². The molecule has 2 N–H and O–H groups in total. The molecule has 0 atom stereocenters. The van der Waals surface area contributed by atoms with Gasteiger partial charge in [0, 0.05) is 0 Å². The molecule has 0 aromatic rings. The maximum atomic E-state index is 9.33. The Kier molecular flexibility index (Phi) is 2.87. The third-order valence-electron chi connectivity index (χ3n) is 0.408. The van der Waals surface area contributed by atoms with Crippen molar-refractivity contribution in [3.8, 4) is 0 Å². The molecule has 0 aromatic heterocycles. The molecule has 40 valence electrons. The predicted octanol–water partition coefficient (Wildman–Crippen LogP) is 0.157. The average molecular weight is 102 g/mol. The second kappa shape index (κ2) is 3.30. The van der Waals surface area contributed by atoms with Gasteiger partial charge in [-0.25, -0.2) is 0 Å². The summed E-state index contributed by atoms with van der Waals surface area (Å²) >= 11 is 0. The van der Waals surface area contributed by atoms with Gasteiger partial charge in [-0.2, -0.15) is 10.8 Å². The van der Waals surface area contributed by atoms with Crippen LogP contribution in [0.4, 0.5) is 0 Å². The Morgan fingerprint density at radius 1 is 2.00 bits per heavy atom. The normalized spacial score (nSPS) is 7.57. The van der Waals surface area contributed by atoms with Gasteiger partial charge in [0.25, 0.3) is 0 Å². The highest BCUT2D eigenvalue weighted by Crippen LogP contribution is 1.85. The smallest absolute Gasteiger partial charge is 0.141 e. The van der Waals surface area contributed by atoms with E-state index in [-0.39, 0.29) is 12.3 Å². The molecule has 0 aromatic carbocycles. The number of hydrogen-bond acceptors (Lipinski definition) is 4. The van der Waals surface area contributed by atoms with Gasteiger partial charge in [-0.1, -0.05) is 11.8 Å². The second-order valence-corrected chi connectivity index (χ2v) is 0.944. The summed E-state index contributed by atoms with van der Waals surface area (Å²) in [5.74, 6) is 4.74. The summed E-state index contributed by atoms with van der Waals surface area (Å²) in [6.07, 6.45) is 0. The first kappa shape index (κ1) is 6.10. The van der Waals surface area contributed by atoms with E-state index in [1.165, 1.54) is 0 Å². The number of rotatable bonds is 3. The van der Waals surface area contributed by atoms with Crippen LogP contribution < -0.4 is 5.90 Å². The fourth-order valence-corrected chi connectivity index (χ4v) is 0.109. The molecule has 4 nitrogen and oxygen atoms in total. The standard InChI is InChI=1S/C3H6N2O2/c1-3(7-4)2-5-6/h1-2,4H2. The highest BCUT2D eigenvalue weighted by molar-refractivity contribution is 4.83. The number of nitrogens with two attached hydrogens (primary N) is 1. The lowest BCUT2D eigenvalue weighted by molar-refractivity contribution is 0.219. The van der Waals surface area contributed by atoms with Crippen LogP contribution in [0.1, 0.15) is 0 Å². The summed E-state index contributed by atoms with van der Waals surface area (Å²) in [4.78, 5) is 13.3. The maximum absolute atomic E-state index is 9.33. The molecule has 0 fully saturated rings. The number of nitrogens with zero attached hydrogens (tertiary/aromatic N) is 1. The molecule has 7 heavy (non-hydrogen) atoms. The van der Waals surface area contributed by atoms with Crippen LogP contribution in [-0.4, -0.2) is 6.54 Å². The number of hydrogen-bond donors (Lipinski definition) is 1. The lowest BCUT2D eigenvalue weighted by Crippen LogP contribution is -1.99. The van der Waals surface area contributed by atoms with Gasteiger partial charge < -0.3 is 4.84 Å². The van der Waals surface area contributed by atoms with Crippen LogP contribution in [0.2, 0.25) is 0 Å². The predicted molar refractivity (Wildman–Crippen MR) is 25.1 cm³/mol. The van der Waals surface area contributed by atoms with Crippen molar-refractivity contribution in [2.75, 3.05) is 6.54 Å². The van der Waals surface area contributed by atoms with Gasteiger partial charge in [0.05, 0.1) is 0 Å². The molecular formula is C3H6N2O2. The molecular weight excluding hydrogens is 96.0 g/mol. The summed E-state index contributed by atoms with van der Waals surface area (Å²) in [5.41, 5.74) is 0. The van der Waals surface area contributed by atoms with Crippen molar-refractivity contribution in [1.82, 2.24) is 0 Å². The van der Waals surface area contributed by atoms with E-state index in [1.54, 1.807) is 0 Å². The van der Waals surface area contributed by atoms with Crippen LogP contribution in [0.5, 0.6) is 0 Å². The largest absolute Gasteiger partial charge is 0.414 e. The van der Waals surface area contributed by atoms with Crippen molar-refractivity contribution >= 4 is 0 Å². The Hall–Kier alpha value is -0.900. The van der Waals surface area contributed by atoms with E-state index < -0.39 is 0 Å². The molecule has 0 amide bonds. The molecule has 0 bridgehead atoms. The molecule has 0 radical (unpaired) electrons. The van der Waals surface area contributed by atoms with Gasteiger partial charge in [-0.05, 0) is 0 Å². The van der Waals surface area contributed by atoms with Crippen LogP contribution >= 0.6 is 0 Å². The minimum Gasteiger partial charge on any atom is -0.414 e. The van der Waals surface area contributed by atoms with E-state index in [9.17, 15) is 4.91 Å². The molecule has 0 aliphatic heterocycles. The topological polar surface area (TPSA) is 64.7 Å². The molecule has 0 aliphatic carbocycles. The third kappa shape index (κ3) is 2.92. The minimum atomic E-state index is -0.0729. The highest BCUT2D eigenvalue weighted by Gasteiger charge is 1.86. The first-order chi connectivity index (χ1) is 3.31. The summed E-state index contributed by atoms with van der Waals surface area (Å²) < 4.78 is 0. The quantitative estimate of drug-likeness (QED) is 0.313. The minimum absolute atomic E-state index is 0.0729. The molecule has 0 rings (SSSR count). The van der Waals surface area contributed by atoms with Gasteiger partial charge in [0.15, 0.2) is 0 Å². The molecule has 0 unspecified atom stereocenters. The fourth-order valence-electron chi connectivity index (χ4n) is 0.109. The highest BCUT2D eigenvalue weighted by atomic mass is 16.6. The van der Waals surface area contributed by atoms with Crippen molar-refractivity contribution in [2.24, 2.45) is 11.1 Å². The van der Waals surface area contributed by atoms with Crippen LogP contribution in [-0.2, 0) is 4.84 Å². The van der Waals surface area contributed by atoms with Crippen LogP contribution in [0.3, 0.4) is 0 Å². The summed E-state index contributed by atoms with van der Waals surface area (Å²) in [6.45, 7) is 3.15. The van der Waals surface area contributed by atoms with E-state index in [0.29, 0.717) is 0 Å². The van der Waals surface area contributed by atoms with E-state index in [2.05, 4.69) is 22.5 Å². The SMILES string of the molecule is C=C(CN=O)ON. The fraction of sp³-hybridized carbons (Fsp3) is 0.333. The Labute approximate surface area is 40.9 Å². The van der Waals surface area contributed by atoms with E-state index in [0.717, 1.165) is 0 Å². The zero-order valence-corrected chi connectivity index (χ0v) is 3.76. The Balaban J connectivity index is 3.17. The van der Waals surface area contributed by atoms with Crippen LogP contribution in [0.25, 0.3) is 0 Å².